The minimum Gasteiger partial charge on any atom is -0.463 e. The van der Waals surface area contributed by atoms with Gasteiger partial charge >= 0.3 is 5.97 Å². The Morgan fingerprint density at radius 1 is 1.30 bits per heavy atom. The monoisotopic (exact) mass is 330 g/mol. The zero-order valence-electron chi connectivity index (χ0n) is 10.9. The Labute approximate surface area is 131 Å². The standard InChI is InChI=1S/C14H12Cl2O3S/c1-8(11-5-6-12(19-11)14(17)18-2)20-13-7-9(15)3-4-10(13)16/h3-8H,1-2H3. The molecule has 6 heteroatoms. The highest BCUT2D eigenvalue weighted by Crippen LogP contribution is 2.40. The molecule has 1 aromatic carbocycles. The minimum absolute atomic E-state index is 0.00984. The van der Waals surface area contributed by atoms with Gasteiger partial charge in [0.05, 0.1) is 17.4 Å². The molecule has 0 aliphatic rings. The van der Waals surface area contributed by atoms with Crippen LogP contribution in [0, 0.1) is 0 Å². The van der Waals surface area contributed by atoms with Gasteiger partial charge in [0, 0.05) is 9.92 Å². The maximum absolute atomic E-state index is 11.3. The van der Waals surface area contributed by atoms with Crippen molar-refractivity contribution >= 4 is 40.9 Å². The van der Waals surface area contributed by atoms with E-state index in [0.717, 1.165) is 4.90 Å². The van der Waals surface area contributed by atoms with E-state index in [2.05, 4.69) is 4.74 Å². The number of hydrogen-bond acceptors (Lipinski definition) is 4. The molecule has 0 saturated carbocycles. The van der Waals surface area contributed by atoms with Crippen LogP contribution in [-0.4, -0.2) is 13.1 Å². The van der Waals surface area contributed by atoms with Crippen LogP contribution in [0.15, 0.2) is 39.6 Å². The fourth-order valence-electron chi connectivity index (χ4n) is 1.60. The molecule has 2 aromatic rings. The topological polar surface area (TPSA) is 39.4 Å². The van der Waals surface area contributed by atoms with Crippen molar-refractivity contribution in [2.45, 2.75) is 17.1 Å². The van der Waals surface area contributed by atoms with Crippen LogP contribution < -0.4 is 0 Å². The highest BCUT2D eigenvalue weighted by Gasteiger charge is 2.17. The van der Waals surface area contributed by atoms with E-state index in [4.69, 9.17) is 27.6 Å². The number of benzene rings is 1. The van der Waals surface area contributed by atoms with Gasteiger partial charge in [0.1, 0.15) is 5.76 Å². The van der Waals surface area contributed by atoms with Crippen molar-refractivity contribution in [3.63, 3.8) is 0 Å². The molecule has 1 heterocycles. The number of esters is 1. The molecule has 20 heavy (non-hydrogen) atoms. The zero-order valence-corrected chi connectivity index (χ0v) is 13.2. The lowest BCUT2D eigenvalue weighted by Gasteiger charge is -2.10. The summed E-state index contributed by atoms with van der Waals surface area (Å²) in [6, 6.07) is 8.64. The van der Waals surface area contributed by atoms with Crippen molar-refractivity contribution in [2.24, 2.45) is 0 Å². The first-order valence-electron chi connectivity index (χ1n) is 5.81. The van der Waals surface area contributed by atoms with Crippen LogP contribution in [0.25, 0.3) is 0 Å². The van der Waals surface area contributed by atoms with Crippen molar-refractivity contribution in [1.82, 2.24) is 0 Å². The molecular formula is C14H12Cl2O3S. The fourth-order valence-corrected chi connectivity index (χ4v) is 3.09. The summed E-state index contributed by atoms with van der Waals surface area (Å²) in [6.07, 6.45) is 0. The van der Waals surface area contributed by atoms with E-state index in [9.17, 15) is 4.79 Å². The number of furan rings is 1. The van der Waals surface area contributed by atoms with Gasteiger partial charge in [-0.25, -0.2) is 4.79 Å². The Kier molecular flexibility index (Phi) is 5.02. The molecule has 0 N–H and O–H groups in total. The van der Waals surface area contributed by atoms with Crippen LogP contribution in [0.4, 0.5) is 0 Å². The van der Waals surface area contributed by atoms with Gasteiger partial charge in [-0.05, 0) is 37.3 Å². The van der Waals surface area contributed by atoms with Crippen molar-refractivity contribution in [2.75, 3.05) is 7.11 Å². The molecule has 0 amide bonds. The van der Waals surface area contributed by atoms with Crippen molar-refractivity contribution in [1.29, 1.82) is 0 Å². The van der Waals surface area contributed by atoms with Gasteiger partial charge in [0.25, 0.3) is 0 Å². The van der Waals surface area contributed by atoms with Crippen LogP contribution in [0.2, 0.25) is 10.0 Å². The van der Waals surface area contributed by atoms with Gasteiger partial charge in [0.2, 0.25) is 5.76 Å². The molecule has 0 fully saturated rings. The zero-order chi connectivity index (χ0) is 14.7. The predicted octanol–water partition coefficient (Wildman–Crippen LogP) is 5.23. The maximum Gasteiger partial charge on any atom is 0.373 e. The number of ether oxygens (including phenoxy) is 1. The molecule has 3 nitrogen and oxygen atoms in total. The third kappa shape index (κ3) is 3.51. The second-order valence-corrected chi connectivity index (χ2v) is 6.25. The summed E-state index contributed by atoms with van der Waals surface area (Å²) in [4.78, 5) is 12.2. The van der Waals surface area contributed by atoms with Crippen LogP contribution in [0.5, 0.6) is 0 Å². The highest BCUT2D eigenvalue weighted by molar-refractivity contribution is 7.99. The molecule has 0 aliphatic heterocycles. The van der Waals surface area contributed by atoms with Gasteiger partial charge in [-0.2, -0.15) is 0 Å². The molecule has 1 aromatic heterocycles. The summed E-state index contributed by atoms with van der Waals surface area (Å²) in [6.45, 7) is 1.96. The van der Waals surface area contributed by atoms with Crippen LogP contribution in [-0.2, 0) is 4.74 Å². The number of thioether (sulfide) groups is 1. The molecule has 2 rings (SSSR count). The molecule has 0 saturated heterocycles. The summed E-state index contributed by atoms with van der Waals surface area (Å²) >= 11 is 13.6. The average Bonchev–Trinajstić information content (AvgIpc) is 2.91. The quantitative estimate of drug-likeness (QED) is 0.568. The number of carbonyl (C=O) groups is 1. The Bertz CT molecular complexity index is 625. The summed E-state index contributed by atoms with van der Waals surface area (Å²) < 4.78 is 10.1. The number of halogens is 2. The van der Waals surface area contributed by atoms with E-state index in [1.807, 2.05) is 6.92 Å². The first kappa shape index (κ1) is 15.3. The lowest BCUT2D eigenvalue weighted by atomic mass is 10.3. The number of carbonyl (C=O) groups excluding carboxylic acids is 1. The lowest BCUT2D eigenvalue weighted by Crippen LogP contribution is -1.98. The van der Waals surface area contributed by atoms with E-state index in [-0.39, 0.29) is 11.0 Å². The first-order chi connectivity index (χ1) is 9.51. The minimum atomic E-state index is -0.491. The number of rotatable bonds is 4. The van der Waals surface area contributed by atoms with Crippen molar-refractivity contribution in [3.05, 3.63) is 51.9 Å². The van der Waals surface area contributed by atoms with Crippen molar-refractivity contribution < 1.29 is 13.9 Å². The second-order valence-electron chi connectivity index (χ2n) is 4.03. The molecule has 0 radical (unpaired) electrons. The SMILES string of the molecule is COC(=O)c1ccc(C(C)Sc2cc(Cl)ccc2Cl)o1. The Balaban J connectivity index is 2.15. The molecule has 1 unspecified atom stereocenters. The van der Waals surface area contributed by atoms with Gasteiger partial charge in [-0.1, -0.05) is 23.2 Å². The van der Waals surface area contributed by atoms with Gasteiger partial charge in [0.15, 0.2) is 0 Å². The highest BCUT2D eigenvalue weighted by atomic mass is 35.5. The van der Waals surface area contributed by atoms with Crippen LogP contribution in [0.3, 0.4) is 0 Å². The molecule has 0 aliphatic carbocycles. The molecular weight excluding hydrogens is 319 g/mol. The van der Waals surface area contributed by atoms with Crippen LogP contribution >= 0.6 is 35.0 Å². The van der Waals surface area contributed by atoms with E-state index in [1.165, 1.54) is 18.9 Å². The molecule has 1 atom stereocenters. The van der Waals surface area contributed by atoms with E-state index < -0.39 is 5.97 Å². The summed E-state index contributed by atoms with van der Waals surface area (Å²) in [5, 5.41) is 1.24. The van der Waals surface area contributed by atoms with Gasteiger partial charge in [-0.3, -0.25) is 0 Å². The van der Waals surface area contributed by atoms with E-state index in [1.54, 1.807) is 30.3 Å². The Morgan fingerprint density at radius 2 is 2.05 bits per heavy atom. The van der Waals surface area contributed by atoms with E-state index in [0.29, 0.717) is 15.8 Å². The molecule has 0 spiro atoms. The van der Waals surface area contributed by atoms with Crippen LogP contribution in [0.1, 0.15) is 28.5 Å². The largest absolute Gasteiger partial charge is 0.463 e. The van der Waals surface area contributed by atoms with Gasteiger partial charge < -0.3 is 9.15 Å². The summed E-state index contributed by atoms with van der Waals surface area (Å²) in [7, 11) is 1.31. The van der Waals surface area contributed by atoms with E-state index >= 15 is 0 Å². The average molecular weight is 331 g/mol. The number of hydrogen-bond donors (Lipinski definition) is 0. The summed E-state index contributed by atoms with van der Waals surface area (Å²) in [5.74, 6) is 0.368. The normalized spacial score (nSPS) is 12.2. The maximum atomic E-state index is 11.3. The van der Waals surface area contributed by atoms with Gasteiger partial charge in [-0.15, -0.1) is 11.8 Å². The summed E-state index contributed by atoms with van der Waals surface area (Å²) in [5.41, 5.74) is 0. The molecule has 0 bridgehead atoms. The lowest BCUT2D eigenvalue weighted by molar-refractivity contribution is 0.0563. The number of methoxy groups -OCH3 is 1. The second kappa shape index (κ2) is 6.57. The third-order valence-electron chi connectivity index (χ3n) is 2.61. The van der Waals surface area contributed by atoms with Crippen molar-refractivity contribution in [3.8, 4) is 0 Å². The smallest absolute Gasteiger partial charge is 0.373 e. The predicted molar refractivity (Wildman–Crippen MR) is 80.8 cm³/mol. The first-order valence-corrected chi connectivity index (χ1v) is 7.44. The fraction of sp³-hybridized carbons (Fsp3) is 0.214. The molecule has 106 valence electrons. The third-order valence-corrected chi connectivity index (χ3v) is 4.47. The Morgan fingerprint density at radius 3 is 2.75 bits per heavy atom. The Hall–Kier alpha value is -1.10.